The van der Waals surface area contributed by atoms with Gasteiger partial charge in [-0.2, -0.15) is 0 Å². The molecule has 0 fully saturated rings. The molecule has 0 heterocycles. The highest BCUT2D eigenvalue weighted by Crippen LogP contribution is 2.18. The van der Waals surface area contributed by atoms with Gasteiger partial charge in [0.15, 0.2) is 0 Å². The molecule has 0 saturated heterocycles. The summed E-state index contributed by atoms with van der Waals surface area (Å²) in [4.78, 5) is 0. The van der Waals surface area contributed by atoms with Crippen molar-refractivity contribution in [3.05, 3.63) is 24.3 Å². The molecular weight excluding hydrogens is 340 g/mol. The summed E-state index contributed by atoms with van der Waals surface area (Å²) >= 11 is 0. The predicted octanol–water partition coefficient (Wildman–Crippen LogP) is 6.03. The topological polar surface area (TPSA) is 36.9 Å². The van der Waals surface area contributed by atoms with Crippen LogP contribution in [0, 0.1) is 0 Å². The van der Waals surface area contributed by atoms with Gasteiger partial charge in [-0.15, -0.1) is 0 Å². The van der Waals surface area contributed by atoms with Crippen molar-refractivity contribution in [2.24, 2.45) is 0 Å². The largest absolute Gasteiger partial charge is 0.497 e. The third kappa shape index (κ3) is 14.5. The zero-order valence-electron chi connectivity index (χ0n) is 17.5. The molecule has 0 radical (unpaired) electrons. The molecule has 0 aliphatic rings. The first-order valence-electron chi connectivity index (χ1n) is 10.8. The van der Waals surface area contributed by atoms with Crippen molar-refractivity contribution in [3.63, 3.8) is 0 Å². The van der Waals surface area contributed by atoms with Crippen LogP contribution in [0.2, 0.25) is 0 Å². The maximum Gasteiger partial charge on any atom is 0.123 e. The molecule has 0 unspecified atom stereocenters. The fourth-order valence-corrected chi connectivity index (χ4v) is 2.92. The van der Waals surface area contributed by atoms with Gasteiger partial charge in [-0.1, -0.05) is 70.8 Å². The van der Waals surface area contributed by atoms with E-state index in [4.69, 9.17) is 18.9 Å². The van der Waals surface area contributed by atoms with Crippen LogP contribution >= 0.6 is 0 Å². The molecule has 0 saturated carbocycles. The third-order valence-electron chi connectivity index (χ3n) is 4.55. The Morgan fingerprint density at radius 1 is 0.630 bits per heavy atom. The second-order valence-corrected chi connectivity index (χ2v) is 6.93. The summed E-state index contributed by atoms with van der Waals surface area (Å²) in [6.07, 6.45) is 13.5. The highest BCUT2D eigenvalue weighted by molar-refractivity contribution is 5.32. The molecule has 0 spiro atoms. The average molecular weight is 381 g/mol. The Kier molecular flexibility index (Phi) is 16.0. The highest BCUT2D eigenvalue weighted by atomic mass is 16.5. The Morgan fingerprint density at radius 3 is 1.85 bits per heavy atom. The Morgan fingerprint density at radius 2 is 1.19 bits per heavy atom. The van der Waals surface area contributed by atoms with Crippen LogP contribution in [0.3, 0.4) is 0 Å². The van der Waals surface area contributed by atoms with E-state index in [2.05, 4.69) is 6.92 Å². The van der Waals surface area contributed by atoms with E-state index in [1.807, 2.05) is 24.3 Å². The Bertz CT molecular complexity index is 436. The molecule has 4 nitrogen and oxygen atoms in total. The van der Waals surface area contributed by atoms with Crippen LogP contribution < -0.4 is 9.47 Å². The van der Waals surface area contributed by atoms with E-state index in [1.165, 1.54) is 57.8 Å². The summed E-state index contributed by atoms with van der Waals surface area (Å²) < 4.78 is 21.9. The molecule has 156 valence electrons. The maximum absolute atomic E-state index is 5.62. The van der Waals surface area contributed by atoms with Gasteiger partial charge in [0.2, 0.25) is 0 Å². The minimum absolute atomic E-state index is 0.533. The minimum Gasteiger partial charge on any atom is -0.497 e. The van der Waals surface area contributed by atoms with Gasteiger partial charge in [0.1, 0.15) is 18.1 Å². The smallest absolute Gasteiger partial charge is 0.123 e. The van der Waals surface area contributed by atoms with Crippen LogP contribution in [0.4, 0.5) is 0 Å². The van der Waals surface area contributed by atoms with Crippen LogP contribution in [-0.4, -0.2) is 40.1 Å². The summed E-state index contributed by atoms with van der Waals surface area (Å²) in [5.41, 5.74) is 0. The fourth-order valence-electron chi connectivity index (χ4n) is 2.92. The molecule has 4 heteroatoms. The number of methoxy groups -OCH3 is 1. The summed E-state index contributed by atoms with van der Waals surface area (Å²) in [5, 5.41) is 0. The van der Waals surface area contributed by atoms with Gasteiger partial charge < -0.3 is 18.9 Å². The SMILES string of the molecule is CCCCCCCCCCCCOCCOCCOc1cccc(OC)c1. The lowest BCUT2D eigenvalue weighted by molar-refractivity contribution is 0.0352. The number of benzene rings is 1. The van der Waals surface area contributed by atoms with Crippen molar-refractivity contribution in [1.29, 1.82) is 0 Å². The van der Waals surface area contributed by atoms with Gasteiger partial charge in [-0.05, 0) is 18.6 Å². The zero-order chi connectivity index (χ0) is 19.4. The first-order valence-corrected chi connectivity index (χ1v) is 10.8. The normalized spacial score (nSPS) is 10.9. The van der Waals surface area contributed by atoms with E-state index in [0.717, 1.165) is 24.5 Å². The van der Waals surface area contributed by atoms with Crippen LogP contribution in [-0.2, 0) is 9.47 Å². The molecule has 0 N–H and O–H groups in total. The third-order valence-corrected chi connectivity index (χ3v) is 4.55. The number of hydrogen-bond donors (Lipinski definition) is 0. The monoisotopic (exact) mass is 380 g/mol. The lowest BCUT2D eigenvalue weighted by atomic mass is 10.1. The van der Waals surface area contributed by atoms with Crippen LogP contribution in [0.5, 0.6) is 11.5 Å². The Hall–Kier alpha value is -1.26. The molecule has 1 aromatic carbocycles. The first-order chi connectivity index (χ1) is 13.4. The molecule has 0 atom stereocenters. The molecule has 0 amide bonds. The van der Waals surface area contributed by atoms with Crippen LogP contribution in [0.1, 0.15) is 71.1 Å². The zero-order valence-corrected chi connectivity index (χ0v) is 17.5. The lowest BCUT2D eigenvalue weighted by Crippen LogP contribution is -2.11. The van der Waals surface area contributed by atoms with Gasteiger partial charge in [-0.25, -0.2) is 0 Å². The summed E-state index contributed by atoms with van der Waals surface area (Å²) in [7, 11) is 1.65. The molecule has 1 rings (SSSR count). The molecule has 0 bridgehead atoms. The Balaban J connectivity index is 1.76. The highest BCUT2D eigenvalue weighted by Gasteiger charge is 1.97. The van der Waals surface area contributed by atoms with Crippen molar-refractivity contribution in [3.8, 4) is 11.5 Å². The summed E-state index contributed by atoms with van der Waals surface area (Å²) in [5.74, 6) is 1.60. The first kappa shape index (κ1) is 23.8. The lowest BCUT2D eigenvalue weighted by Gasteiger charge is -2.09. The number of unbranched alkanes of at least 4 members (excludes halogenated alkanes) is 9. The second-order valence-electron chi connectivity index (χ2n) is 6.93. The van der Waals surface area contributed by atoms with Gasteiger partial charge in [-0.3, -0.25) is 0 Å². The quantitative estimate of drug-likeness (QED) is 0.275. The maximum atomic E-state index is 5.62. The van der Waals surface area contributed by atoms with Crippen molar-refractivity contribution in [2.45, 2.75) is 71.1 Å². The van der Waals surface area contributed by atoms with Crippen molar-refractivity contribution in [2.75, 3.05) is 40.1 Å². The van der Waals surface area contributed by atoms with E-state index in [1.54, 1.807) is 7.11 Å². The average Bonchev–Trinajstić information content (AvgIpc) is 2.70. The molecule has 0 aromatic heterocycles. The van der Waals surface area contributed by atoms with E-state index in [-0.39, 0.29) is 0 Å². The Labute approximate surface area is 166 Å². The summed E-state index contributed by atoms with van der Waals surface area (Å²) in [6, 6.07) is 7.60. The van der Waals surface area contributed by atoms with Gasteiger partial charge >= 0.3 is 0 Å². The number of hydrogen-bond acceptors (Lipinski definition) is 4. The van der Waals surface area contributed by atoms with Crippen LogP contribution in [0.15, 0.2) is 24.3 Å². The second kappa shape index (κ2) is 18.1. The minimum atomic E-state index is 0.533. The summed E-state index contributed by atoms with van der Waals surface area (Å²) in [6.45, 7) is 5.51. The van der Waals surface area contributed by atoms with E-state index >= 15 is 0 Å². The van der Waals surface area contributed by atoms with E-state index in [0.29, 0.717) is 26.4 Å². The van der Waals surface area contributed by atoms with E-state index < -0.39 is 0 Å². The standard InChI is InChI=1S/C23H40O4/c1-3-4-5-6-7-8-9-10-11-12-16-25-17-18-26-19-20-27-23-15-13-14-22(21-23)24-2/h13-15,21H,3-12,16-20H2,1-2H3. The fraction of sp³-hybridized carbons (Fsp3) is 0.739. The van der Waals surface area contributed by atoms with Gasteiger partial charge in [0.05, 0.1) is 26.9 Å². The number of ether oxygens (including phenoxy) is 4. The van der Waals surface area contributed by atoms with Crippen molar-refractivity contribution >= 4 is 0 Å². The number of rotatable bonds is 19. The predicted molar refractivity (Wildman–Crippen MR) is 112 cm³/mol. The van der Waals surface area contributed by atoms with Crippen molar-refractivity contribution in [1.82, 2.24) is 0 Å². The molecule has 27 heavy (non-hydrogen) atoms. The molecule has 0 aliphatic carbocycles. The molecular formula is C23H40O4. The molecule has 1 aromatic rings. The van der Waals surface area contributed by atoms with Gasteiger partial charge in [0.25, 0.3) is 0 Å². The van der Waals surface area contributed by atoms with E-state index in [9.17, 15) is 0 Å². The van der Waals surface area contributed by atoms with Gasteiger partial charge in [0, 0.05) is 12.7 Å². The van der Waals surface area contributed by atoms with Crippen LogP contribution in [0.25, 0.3) is 0 Å². The molecule has 0 aliphatic heterocycles. The van der Waals surface area contributed by atoms with Crippen molar-refractivity contribution < 1.29 is 18.9 Å².